The Morgan fingerprint density at radius 1 is 1.24 bits per heavy atom. The fourth-order valence-electron chi connectivity index (χ4n) is 4.77. The molecule has 29 heavy (non-hydrogen) atoms. The van der Waals surface area contributed by atoms with Crippen molar-refractivity contribution >= 4 is 23.4 Å². The number of hydrogen-bond donors (Lipinski definition) is 3. The first-order valence-electron chi connectivity index (χ1n) is 9.94. The van der Waals surface area contributed by atoms with Gasteiger partial charge in [-0.25, -0.2) is 4.39 Å². The Hall–Kier alpha value is -1.90. The lowest BCUT2D eigenvalue weighted by Gasteiger charge is -2.70. The van der Waals surface area contributed by atoms with Crippen LogP contribution in [0.4, 0.5) is 4.39 Å². The molecule has 1 saturated heterocycles. The van der Waals surface area contributed by atoms with Crippen molar-refractivity contribution in [1.29, 1.82) is 0 Å². The van der Waals surface area contributed by atoms with Crippen LogP contribution in [0, 0.1) is 11.7 Å². The molecule has 1 aromatic carbocycles. The van der Waals surface area contributed by atoms with Crippen LogP contribution in [0.5, 0.6) is 5.75 Å². The number of nitrogens with one attached hydrogen (secondary N) is 3. The molecule has 0 radical (unpaired) electrons. The Kier molecular flexibility index (Phi) is 4.49. The number of rotatable bonds is 7. The molecule has 5 fully saturated rings. The van der Waals surface area contributed by atoms with Gasteiger partial charge in [0.2, 0.25) is 5.91 Å². The quantitative estimate of drug-likeness (QED) is 0.618. The average Bonchev–Trinajstić information content (AvgIpc) is 3.36. The topological polar surface area (TPSA) is 88.7 Å². The molecule has 2 bridgehead atoms. The van der Waals surface area contributed by atoms with Gasteiger partial charge in [0.25, 0.3) is 5.91 Å². The van der Waals surface area contributed by atoms with Crippen LogP contribution in [0.3, 0.4) is 0 Å². The molecule has 0 aromatic heterocycles. The molecule has 156 valence electrons. The molecule has 4 aliphatic carbocycles. The monoisotopic (exact) mass is 423 g/mol. The van der Waals surface area contributed by atoms with E-state index in [9.17, 15) is 14.0 Å². The summed E-state index contributed by atoms with van der Waals surface area (Å²) in [6, 6.07) is 3.75. The molecule has 9 heteroatoms. The zero-order chi connectivity index (χ0) is 20.2. The number of halogens is 2. The van der Waals surface area contributed by atoms with E-state index >= 15 is 0 Å². The molecule has 7 nitrogen and oxygen atoms in total. The van der Waals surface area contributed by atoms with Crippen LogP contribution < -0.4 is 20.7 Å². The molecule has 3 N–H and O–H groups in total. The van der Waals surface area contributed by atoms with Crippen molar-refractivity contribution in [2.75, 3.05) is 13.2 Å². The summed E-state index contributed by atoms with van der Waals surface area (Å²) in [6.45, 7) is 0.210. The van der Waals surface area contributed by atoms with Gasteiger partial charge in [0, 0.05) is 17.1 Å². The van der Waals surface area contributed by atoms with Crippen molar-refractivity contribution in [3.8, 4) is 5.75 Å². The Balaban J connectivity index is 1.05. The lowest BCUT2D eigenvalue weighted by Crippen LogP contribution is -2.84. The minimum Gasteiger partial charge on any atom is -0.484 e. The Morgan fingerprint density at radius 2 is 1.97 bits per heavy atom. The molecule has 6 rings (SSSR count). The van der Waals surface area contributed by atoms with Crippen LogP contribution in [0.15, 0.2) is 18.2 Å². The third-order valence-electron chi connectivity index (χ3n) is 6.26. The molecule has 1 heterocycles. The number of carbonyl (C=O) groups is 2. The van der Waals surface area contributed by atoms with E-state index in [1.807, 2.05) is 0 Å². The first-order chi connectivity index (χ1) is 13.9. The molecule has 2 atom stereocenters. The average molecular weight is 424 g/mol. The highest BCUT2D eigenvalue weighted by molar-refractivity contribution is 6.30. The van der Waals surface area contributed by atoms with Gasteiger partial charge in [-0.05, 0) is 50.2 Å². The fraction of sp³-hybridized carbons (Fsp3) is 0.600. The number of hydrogen-bond acceptors (Lipinski definition) is 5. The second-order valence-electron chi connectivity index (χ2n) is 8.80. The van der Waals surface area contributed by atoms with E-state index in [2.05, 4.69) is 16.0 Å². The zero-order valence-electron chi connectivity index (χ0n) is 15.8. The van der Waals surface area contributed by atoms with Crippen LogP contribution in [-0.4, -0.2) is 48.4 Å². The minimum absolute atomic E-state index is 0.00504. The van der Waals surface area contributed by atoms with Crippen molar-refractivity contribution in [2.45, 2.75) is 55.5 Å². The first kappa shape index (κ1) is 19.1. The van der Waals surface area contributed by atoms with Crippen molar-refractivity contribution in [3.05, 3.63) is 29.0 Å². The molecule has 1 aromatic rings. The predicted octanol–water partition coefficient (Wildman–Crippen LogP) is 1.49. The summed E-state index contributed by atoms with van der Waals surface area (Å²) in [5, 5.41) is 9.38. The highest BCUT2D eigenvalue weighted by Crippen LogP contribution is 2.60. The van der Waals surface area contributed by atoms with Gasteiger partial charge >= 0.3 is 0 Å². The highest BCUT2D eigenvalue weighted by atomic mass is 35.5. The molecule has 5 aliphatic rings. The summed E-state index contributed by atoms with van der Waals surface area (Å²) >= 11 is 5.63. The van der Waals surface area contributed by atoms with Gasteiger partial charge in [-0.3, -0.25) is 14.9 Å². The second kappa shape index (κ2) is 6.82. The Bertz CT molecular complexity index is 842. The maximum Gasteiger partial charge on any atom is 0.258 e. The van der Waals surface area contributed by atoms with Crippen LogP contribution in [0.1, 0.15) is 32.1 Å². The van der Waals surface area contributed by atoms with E-state index in [1.54, 1.807) is 0 Å². The molecular weight excluding hydrogens is 401 g/mol. The van der Waals surface area contributed by atoms with E-state index in [0.717, 1.165) is 18.9 Å². The van der Waals surface area contributed by atoms with Crippen molar-refractivity contribution in [2.24, 2.45) is 5.92 Å². The van der Waals surface area contributed by atoms with Crippen molar-refractivity contribution < 1.29 is 23.5 Å². The smallest absolute Gasteiger partial charge is 0.258 e. The largest absolute Gasteiger partial charge is 0.484 e. The van der Waals surface area contributed by atoms with Crippen molar-refractivity contribution in [3.63, 3.8) is 0 Å². The summed E-state index contributed by atoms with van der Waals surface area (Å²) in [6.07, 6.45) is 4.48. The summed E-state index contributed by atoms with van der Waals surface area (Å²) < 4.78 is 24.4. The SMILES string of the molecule is O=C(COc1ccc(Cl)c(F)c1)NC12CC(NC(=O)C3COC(C4CC4)N3)(C1)C2. The number of ether oxygens (including phenoxy) is 2. The third-order valence-corrected chi connectivity index (χ3v) is 6.57. The van der Waals surface area contributed by atoms with Gasteiger partial charge in [0.05, 0.1) is 11.6 Å². The molecule has 2 amide bonds. The summed E-state index contributed by atoms with van der Waals surface area (Å²) in [5.41, 5.74) is -0.487. The normalized spacial score (nSPS) is 34.7. The van der Waals surface area contributed by atoms with E-state index < -0.39 is 5.82 Å². The predicted molar refractivity (Wildman–Crippen MR) is 102 cm³/mol. The minimum atomic E-state index is -0.590. The molecular formula is C20H23ClFN3O4. The third kappa shape index (κ3) is 3.69. The molecule has 2 unspecified atom stereocenters. The molecule has 0 spiro atoms. The van der Waals surface area contributed by atoms with E-state index in [4.69, 9.17) is 21.1 Å². The van der Waals surface area contributed by atoms with Crippen LogP contribution in [0.25, 0.3) is 0 Å². The Morgan fingerprint density at radius 3 is 2.66 bits per heavy atom. The van der Waals surface area contributed by atoms with Crippen LogP contribution >= 0.6 is 11.6 Å². The lowest BCUT2D eigenvalue weighted by molar-refractivity contribution is -0.151. The van der Waals surface area contributed by atoms with Crippen LogP contribution in [0.2, 0.25) is 5.02 Å². The number of amides is 2. The van der Waals surface area contributed by atoms with Crippen molar-refractivity contribution in [1.82, 2.24) is 16.0 Å². The van der Waals surface area contributed by atoms with Gasteiger partial charge in [-0.1, -0.05) is 11.6 Å². The van der Waals surface area contributed by atoms with Gasteiger partial charge in [-0.15, -0.1) is 0 Å². The number of carbonyl (C=O) groups excluding carboxylic acids is 2. The maximum absolute atomic E-state index is 13.4. The standard InChI is InChI=1S/C20H23ClFN3O4/c21-13-4-3-12(5-14(13)22)28-7-16(26)24-19-8-20(9-19,10-19)25-17(27)15-6-29-18(23-15)11-1-2-11/h3-5,11,15,18,23H,1-2,6-10H2,(H,24,26)(H,25,27). The van der Waals surface area contributed by atoms with Gasteiger partial charge in [0.15, 0.2) is 6.61 Å². The summed E-state index contributed by atoms with van der Waals surface area (Å²) in [7, 11) is 0. The molecule has 4 saturated carbocycles. The zero-order valence-corrected chi connectivity index (χ0v) is 16.6. The summed E-state index contributed by atoms with van der Waals surface area (Å²) in [4.78, 5) is 24.7. The summed E-state index contributed by atoms with van der Waals surface area (Å²) in [5.74, 6) is -0.0849. The molecule has 1 aliphatic heterocycles. The van der Waals surface area contributed by atoms with Gasteiger partial charge in [0.1, 0.15) is 23.8 Å². The number of benzene rings is 1. The Labute approximate surface area is 172 Å². The highest BCUT2D eigenvalue weighted by Gasteiger charge is 2.69. The first-order valence-corrected chi connectivity index (χ1v) is 10.3. The van der Waals surface area contributed by atoms with E-state index in [-0.39, 0.29) is 52.5 Å². The fourth-order valence-corrected chi connectivity index (χ4v) is 4.88. The van der Waals surface area contributed by atoms with Gasteiger partial charge < -0.3 is 20.1 Å². The van der Waals surface area contributed by atoms with E-state index in [0.29, 0.717) is 31.8 Å². The van der Waals surface area contributed by atoms with Gasteiger partial charge in [-0.2, -0.15) is 0 Å². The van der Waals surface area contributed by atoms with Crippen LogP contribution in [-0.2, 0) is 14.3 Å². The second-order valence-corrected chi connectivity index (χ2v) is 9.21. The lowest BCUT2D eigenvalue weighted by atomic mass is 9.44. The van der Waals surface area contributed by atoms with E-state index in [1.165, 1.54) is 12.1 Å². The maximum atomic E-state index is 13.4.